The second kappa shape index (κ2) is 10.8. The number of ether oxygens (including phenoxy) is 1. The lowest BCUT2D eigenvalue weighted by molar-refractivity contribution is -0.0789. The maximum Gasteiger partial charge on any atom is 0.131 e. The first kappa shape index (κ1) is 26.9. The standard InChI is InChI=1S/C32H37ClN2O3/c1-4-22-20-35(18-15-32(22,37)23-9-12-25(33)13-10-23)17-6-8-26-27-7-5-16-34-29(27)21-38-30-14-11-24(19-28(26)30)31(2,3)36/h5,7-14,16,19,22,36-37H,4,6,15,17-18,20-21H2,1-3H3. The van der Waals surface area contributed by atoms with Gasteiger partial charge in [0.05, 0.1) is 16.9 Å². The Balaban J connectivity index is 1.38. The molecule has 1 fully saturated rings. The monoisotopic (exact) mass is 532 g/mol. The van der Waals surface area contributed by atoms with E-state index in [0.29, 0.717) is 18.1 Å². The van der Waals surface area contributed by atoms with E-state index < -0.39 is 11.2 Å². The summed E-state index contributed by atoms with van der Waals surface area (Å²) < 4.78 is 6.14. The van der Waals surface area contributed by atoms with Gasteiger partial charge in [-0.1, -0.05) is 48.9 Å². The zero-order valence-electron chi connectivity index (χ0n) is 22.5. The topological polar surface area (TPSA) is 65.8 Å². The van der Waals surface area contributed by atoms with E-state index in [4.69, 9.17) is 16.3 Å². The molecule has 0 spiro atoms. The maximum atomic E-state index is 11.7. The highest BCUT2D eigenvalue weighted by atomic mass is 35.5. The van der Waals surface area contributed by atoms with Gasteiger partial charge in [-0.05, 0) is 80.1 Å². The molecule has 38 heavy (non-hydrogen) atoms. The number of hydrogen-bond acceptors (Lipinski definition) is 5. The molecule has 0 bridgehead atoms. The number of aromatic nitrogens is 1. The lowest BCUT2D eigenvalue weighted by Gasteiger charge is -2.45. The lowest BCUT2D eigenvalue weighted by atomic mass is 9.74. The van der Waals surface area contributed by atoms with Gasteiger partial charge in [0.1, 0.15) is 12.4 Å². The van der Waals surface area contributed by atoms with Crippen molar-refractivity contribution < 1.29 is 14.9 Å². The fourth-order valence-corrected chi connectivity index (χ4v) is 5.95. The second-order valence-electron chi connectivity index (χ2n) is 11.0. The quantitative estimate of drug-likeness (QED) is 0.390. The van der Waals surface area contributed by atoms with Gasteiger partial charge in [-0.25, -0.2) is 0 Å². The molecule has 0 amide bonds. The summed E-state index contributed by atoms with van der Waals surface area (Å²) in [6.45, 7) is 8.75. The van der Waals surface area contributed by atoms with E-state index >= 15 is 0 Å². The zero-order chi connectivity index (χ0) is 26.9. The summed E-state index contributed by atoms with van der Waals surface area (Å²) in [7, 11) is 0. The van der Waals surface area contributed by atoms with Gasteiger partial charge in [-0.3, -0.25) is 4.98 Å². The number of benzene rings is 2. The number of likely N-dealkylation sites (tertiary alicyclic amines) is 1. The highest BCUT2D eigenvalue weighted by Gasteiger charge is 2.41. The van der Waals surface area contributed by atoms with Crippen molar-refractivity contribution in [3.8, 4) is 5.75 Å². The van der Waals surface area contributed by atoms with E-state index in [1.54, 1.807) is 20.0 Å². The smallest absolute Gasteiger partial charge is 0.131 e. The van der Waals surface area contributed by atoms with Crippen molar-refractivity contribution in [2.24, 2.45) is 5.92 Å². The van der Waals surface area contributed by atoms with Gasteiger partial charge in [-0.15, -0.1) is 0 Å². The number of halogens is 1. The largest absolute Gasteiger partial charge is 0.487 e. The van der Waals surface area contributed by atoms with Crippen LogP contribution in [0.3, 0.4) is 0 Å². The van der Waals surface area contributed by atoms with Crippen molar-refractivity contribution in [2.45, 2.75) is 57.8 Å². The van der Waals surface area contributed by atoms with Crippen LogP contribution >= 0.6 is 11.6 Å². The molecule has 200 valence electrons. The third-order valence-electron chi connectivity index (χ3n) is 8.11. The fraction of sp³-hybridized carbons (Fsp3) is 0.406. The van der Waals surface area contributed by atoms with Crippen molar-refractivity contribution in [1.82, 2.24) is 9.88 Å². The van der Waals surface area contributed by atoms with Crippen molar-refractivity contribution >= 4 is 17.2 Å². The summed E-state index contributed by atoms with van der Waals surface area (Å²) >= 11 is 6.10. The molecule has 2 unspecified atom stereocenters. The molecule has 1 aromatic heterocycles. The molecule has 0 saturated carbocycles. The number of nitrogens with zero attached hydrogens (tertiary/aromatic N) is 2. The fourth-order valence-electron chi connectivity index (χ4n) is 5.82. The van der Waals surface area contributed by atoms with E-state index in [2.05, 4.69) is 29.0 Å². The average Bonchev–Trinajstić information content (AvgIpc) is 3.06. The van der Waals surface area contributed by atoms with Gasteiger partial charge in [0.25, 0.3) is 0 Å². The summed E-state index contributed by atoms with van der Waals surface area (Å²) in [4.78, 5) is 7.05. The van der Waals surface area contributed by atoms with Gasteiger partial charge in [0.15, 0.2) is 0 Å². The summed E-state index contributed by atoms with van der Waals surface area (Å²) in [5.41, 5.74) is 4.08. The van der Waals surface area contributed by atoms with Crippen LogP contribution in [-0.2, 0) is 17.8 Å². The minimum Gasteiger partial charge on any atom is -0.487 e. The Morgan fingerprint density at radius 3 is 2.68 bits per heavy atom. The Bertz CT molecular complexity index is 1320. The Morgan fingerprint density at radius 2 is 1.95 bits per heavy atom. The normalized spacial score (nSPS) is 22.9. The van der Waals surface area contributed by atoms with E-state index in [9.17, 15) is 10.2 Å². The predicted octanol–water partition coefficient (Wildman–Crippen LogP) is 6.30. The van der Waals surface area contributed by atoms with Gasteiger partial charge in [0.2, 0.25) is 0 Å². The van der Waals surface area contributed by atoms with Crippen LogP contribution in [0.5, 0.6) is 5.75 Å². The van der Waals surface area contributed by atoms with Crippen LogP contribution in [0.25, 0.3) is 5.57 Å². The van der Waals surface area contributed by atoms with Gasteiger partial charge in [-0.2, -0.15) is 0 Å². The summed E-state index contributed by atoms with van der Waals surface area (Å²) in [6.07, 6.45) is 6.54. The Labute approximate surface area is 230 Å². The molecule has 2 N–H and O–H groups in total. The third kappa shape index (κ3) is 5.39. The van der Waals surface area contributed by atoms with Gasteiger partial charge in [0, 0.05) is 47.9 Å². The molecule has 2 aliphatic rings. The molecule has 2 aliphatic heterocycles. The highest BCUT2D eigenvalue weighted by molar-refractivity contribution is 6.30. The summed E-state index contributed by atoms with van der Waals surface area (Å²) in [6, 6.07) is 17.7. The van der Waals surface area contributed by atoms with Crippen molar-refractivity contribution in [1.29, 1.82) is 0 Å². The molecule has 2 atom stereocenters. The van der Waals surface area contributed by atoms with E-state index in [0.717, 1.165) is 71.7 Å². The first-order chi connectivity index (χ1) is 18.2. The number of rotatable bonds is 6. The molecule has 3 heterocycles. The SMILES string of the molecule is CCC1CN(CCC=C2c3cc(C(C)(C)O)ccc3OCc3ncccc32)CCC1(O)c1ccc(Cl)cc1. The van der Waals surface area contributed by atoms with Crippen LogP contribution in [0.15, 0.2) is 66.9 Å². The number of hydrogen-bond donors (Lipinski definition) is 2. The zero-order valence-corrected chi connectivity index (χ0v) is 23.2. The molecule has 5 nitrogen and oxygen atoms in total. The van der Waals surface area contributed by atoms with Crippen LogP contribution in [0.4, 0.5) is 0 Å². The summed E-state index contributed by atoms with van der Waals surface area (Å²) in [5.74, 6) is 0.954. The average molecular weight is 533 g/mol. The van der Waals surface area contributed by atoms with Crippen LogP contribution in [-0.4, -0.2) is 39.7 Å². The Morgan fingerprint density at radius 1 is 1.16 bits per heavy atom. The molecular weight excluding hydrogens is 496 g/mol. The number of pyridine rings is 1. The number of piperidine rings is 1. The lowest BCUT2D eigenvalue weighted by Crippen LogP contribution is -2.50. The minimum absolute atomic E-state index is 0.149. The Hall–Kier alpha value is -2.70. The van der Waals surface area contributed by atoms with E-state index in [1.807, 2.05) is 48.5 Å². The Kier molecular flexibility index (Phi) is 7.65. The molecule has 0 aliphatic carbocycles. The third-order valence-corrected chi connectivity index (χ3v) is 8.37. The molecular formula is C32H37ClN2O3. The van der Waals surface area contributed by atoms with Crippen LogP contribution in [0.2, 0.25) is 5.02 Å². The summed E-state index contributed by atoms with van der Waals surface area (Å²) in [5, 5.41) is 23.0. The first-order valence-corrected chi connectivity index (χ1v) is 13.9. The van der Waals surface area contributed by atoms with E-state index in [1.165, 1.54) is 0 Å². The second-order valence-corrected chi connectivity index (χ2v) is 11.5. The van der Waals surface area contributed by atoms with Gasteiger partial charge >= 0.3 is 0 Å². The first-order valence-electron chi connectivity index (χ1n) is 13.5. The molecule has 0 radical (unpaired) electrons. The van der Waals surface area contributed by atoms with Crippen LogP contribution in [0, 0.1) is 5.92 Å². The van der Waals surface area contributed by atoms with Crippen LogP contribution < -0.4 is 4.74 Å². The molecule has 3 aromatic rings. The van der Waals surface area contributed by atoms with Gasteiger partial charge < -0.3 is 19.8 Å². The van der Waals surface area contributed by atoms with Crippen molar-refractivity contribution in [2.75, 3.05) is 19.6 Å². The molecule has 2 aromatic carbocycles. The highest BCUT2D eigenvalue weighted by Crippen LogP contribution is 2.41. The van der Waals surface area contributed by atoms with Crippen molar-refractivity contribution in [3.63, 3.8) is 0 Å². The molecule has 6 heteroatoms. The minimum atomic E-state index is -0.950. The van der Waals surface area contributed by atoms with Crippen LogP contribution in [0.1, 0.15) is 68.0 Å². The molecule has 5 rings (SSSR count). The van der Waals surface area contributed by atoms with E-state index in [-0.39, 0.29) is 5.92 Å². The predicted molar refractivity (Wildman–Crippen MR) is 152 cm³/mol. The number of aliphatic hydroxyl groups is 2. The number of fused-ring (bicyclic) bond motifs is 2. The van der Waals surface area contributed by atoms with Crippen molar-refractivity contribution in [3.05, 3.63) is 99.8 Å². The molecule has 1 saturated heterocycles. The maximum absolute atomic E-state index is 11.7.